The summed E-state index contributed by atoms with van der Waals surface area (Å²) in [6.07, 6.45) is 0. The molecule has 0 saturated heterocycles. The van der Waals surface area contributed by atoms with Crippen LogP contribution in [-0.2, 0) is 0 Å². The first-order chi connectivity index (χ1) is 5.29. The lowest BCUT2D eigenvalue weighted by atomic mass is 10.3. The number of aryl methyl sites for hydroxylation is 1. The first-order valence-corrected chi connectivity index (χ1v) is 4.00. The van der Waals surface area contributed by atoms with Crippen LogP contribution in [0.25, 0.3) is 11.0 Å². The van der Waals surface area contributed by atoms with E-state index in [1.165, 1.54) is 0 Å². The van der Waals surface area contributed by atoms with Gasteiger partial charge in [-0.25, -0.2) is 4.98 Å². The molecule has 0 saturated carbocycles. The van der Waals surface area contributed by atoms with E-state index >= 15 is 0 Å². The minimum atomic E-state index is 1.02. The molecule has 2 nitrogen and oxygen atoms in total. The number of benzene rings is 1. The van der Waals surface area contributed by atoms with Crippen molar-refractivity contribution in [2.45, 2.75) is 6.92 Å². The number of para-hydroxylation sites is 2. The Kier molecular flexibility index (Phi) is 1.43. The van der Waals surface area contributed by atoms with Gasteiger partial charge in [0.2, 0.25) is 0 Å². The van der Waals surface area contributed by atoms with E-state index < -0.39 is 0 Å². The Labute approximate surface area is 67.5 Å². The Hall–Kier alpha value is -0.880. The van der Waals surface area contributed by atoms with Crippen molar-refractivity contribution in [1.82, 2.24) is 9.32 Å². The molecule has 1 heterocycles. The molecule has 1 aromatic heterocycles. The van der Waals surface area contributed by atoms with E-state index in [0.29, 0.717) is 0 Å². The fourth-order valence-corrected chi connectivity index (χ4v) is 1.44. The van der Waals surface area contributed by atoms with Crippen molar-refractivity contribution in [3.8, 4) is 0 Å². The van der Waals surface area contributed by atoms with E-state index in [2.05, 4.69) is 20.4 Å². The maximum absolute atomic E-state index is 4.35. The van der Waals surface area contributed by atoms with Crippen LogP contribution in [0.2, 0.25) is 0 Å². The number of aromatic nitrogens is 2. The number of imidazole rings is 1. The maximum Gasteiger partial charge on any atom is 0.109 e. The van der Waals surface area contributed by atoms with Gasteiger partial charge in [-0.1, -0.05) is 12.1 Å². The summed E-state index contributed by atoms with van der Waals surface area (Å²) in [5.74, 6) is 1.02. The van der Waals surface area contributed by atoms with Gasteiger partial charge in [0.1, 0.15) is 5.82 Å². The molecule has 0 aliphatic rings. The second-order valence-corrected chi connectivity index (χ2v) is 3.03. The Bertz CT molecular complexity index is 392. The minimum absolute atomic E-state index is 1.02. The number of rotatable bonds is 0. The highest BCUT2D eigenvalue weighted by molar-refractivity contribution is 7.15. The monoisotopic (exact) mass is 164 g/mol. The van der Waals surface area contributed by atoms with Gasteiger partial charge in [0.15, 0.2) is 0 Å². The van der Waals surface area contributed by atoms with Crippen LogP contribution in [-0.4, -0.2) is 9.32 Å². The molecule has 0 bridgehead atoms. The number of fused-ring (bicyclic) bond motifs is 1. The molecule has 3 heteroatoms. The normalized spacial score (nSPS) is 10.7. The third-order valence-electron chi connectivity index (χ3n) is 1.77. The summed E-state index contributed by atoms with van der Waals surface area (Å²) < 4.78 is 2.01. The highest BCUT2D eigenvalue weighted by atomic mass is 31.0. The van der Waals surface area contributed by atoms with Crippen molar-refractivity contribution in [3.63, 3.8) is 0 Å². The molecule has 2 aromatic rings. The van der Waals surface area contributed by atoms with Gasteiger partial charge in [-0.2, -0.15) is 0 Å². The summed E-state index contributed by atoms with van der Waals surface area (Å²) in [7, 11) is 2.64. The standard InChI is InChI=1S/C8H9N2P/c1-6-9-7-4-2-3-5-8(7)10(6)11/h2-5H,11H2,1H3. The topological polar surface area (TPSA) is 17.8 Å². The molecule has 0 N–H and O–H groups in total. The van der Waals surface area contributed by atoms with Gasteiger partial charge in [-0.05, 0) is 28.4 Å². The molecule has 0 radical (unpaired) electrons. The molecule has 0 amide bonds. The molecule has 0 spiro atoms. The lowest BCUT2D eigenvalue weighted by Crippen LogP contribution is -1.80. The molecule has 1 aromatic carbocycles. The minimum Gasteiger partial charge on any atom is -0.312 e. The van der Waals surface area contributed by atoms with Crippen LogP contribution in [0.3, 0.4) is 0 Å². The number of nitrogens with zero attached hydrogens (tertiary/aromatic N) is 2. The first-order valence-electron chi connectivity index (χ1n) is 3.48. The quantitative estimate of drug-likeness (QED) is 0.544. The van der Waals surface area contributed by atoms with Crippen molar-refractivity contribution in [2.75, 3.05) is 0 Å². The summed E-state index contributed by atoms with van der Waals surface area (Å²) >= 11 is 0. The molecule has 0 aliphatic carbocycles. The smallest absolute Gasteiger partial charge is 0.109 e. The zero-order valence-electron chi connectivity index (χ0n) is 6.28. The molecule has 1 atom stereocenters. The van der Waals surface area contributed by atoms with Crippen molar-refractivity contribution in [1.29, 1.82) is 0 Å². The second-order valence-electron chi connectivity index (χ2n) is 2.52. The first kappa shape index (κ1) is 6.81. The summed E-state index contributed by atoms with van der Waals surface area (Å²) in [6.45, 7) is 1.99. The number of hydrogen-bond donors (Lipinski definition) is 0. The third-order valence-corrected chi connectivity index (χ3v) is 2.42. The zero-order valence-corrected chi connectivity index (χ0v) is 7.44. The lowest BCUT2D eigenvalue weighted by molar-refractivity contribution is 1.12. The fourth-order valence-electron chi connectivity index (χ4n) is 1.16. The molecule has 1 unspecified atom stereocenters. The highest BCUT2D eigenvalue weighted by Gasteiger charge is 2.00. The summed E-state index contributed by atoms with van der Waals surface area (Å²) in [6, 6.07) is 8.09. The van der Waals surface area contributed by atoms with Gasteiger partial charge in [-0.15, -0.1) is 0 Å². The molecule has 56 valence electrons. The fraction of sp³-hybridized carbons (Fsp3) is 0.125. The van der Waals surface area contributed by atoms with E-state index in [-0.39, 0.29) is 0 Å². The van der Waals surface area contributed by atoms with Crippen LogP contribution < -0.4 is 0 Å². The van der Waals surface area contributed by atoms with Crippen LogP contribution in [0.15, 0.2) is 24.3 Å². The summed E-state index contributed by atoms with van der Waals surface area (Å²) in [4.78, 5) is 4.35. The number of hydrogen-bond acceptors (Lipinski definition) is 1. The second kappa shape index (κ2) is 2.31. The lowest BCUT2D eigenvalue weighted by Gasteiger charge is -1.93. The maximum atomic E-state index is 4.35. The molecular weight excluding hydrogens is 155 g/mol. The van der Waals surface area contributed by atoms with Crippen molar-refractivity contribution in [3.05, 3.63) is 30.1 Å². The molecule has 0 aliphatic heterocycles. The van der Waals surface area contributed by atoms with E-state index in [1.807, 2.05) is 29.5 Å². The predicted molar refractivity (Wildman–Crippen MR) is 49.6 cm³/mol. The average molecular weight is 164 g/mol. The Morgan fingerprint density at radius 1 is 1.36 bits per heavy atom. The van der Waals surface area contributed by atoms with Crippen LogP contribution in [0.4, 0.5) is 0 Å². The van der Waals surface area contributed by atoms with Crippen molar-refractivity contribution >= 4 is 20.4 Å². The SMILES string of the molecule is Cc1nc2ccccc2n1P. The molecule has 11 heavy (non-hydrogen) atoms. The van der Waals surface area contributed by atoms with Gasteiger partial charge in [-0.3, -0.25) is 0 Å². The van der Waals surface area contributed by atoms with E-state index in [4.69, 9.17) is 0 Å². The van der Waals surface area contributed by atoms with Gasteiger partial charge in [0, 0.05) is 0 Å². The van der Waals surface area contributed by atoms with Crippen LogP contribution in [0, 0.1) is 6.92 Å². The van der Waals surface area contributed by atoms with Crippen LogP contribution >= 0.6 is 9.39 Å². The van der Waals surface area contributed by atoms with Gasteiger partial charge in [0.25, 0.3) is 0 Å². The summed E-state index contributed by atoms with van der Waals surface area (Å²) in [5, 5.41) is 0. The third kappa shape index (κ3) is 0.945. The summed E-state index contributed by atoms with van der Waals surface area (Å²) in [5.41, 5.74) is 2.22. The predicted octanol–water partition coefficient (Wildman–Crippen LogP) is 1.98. The molecule has 0 fully saturated rings. The van der Waals surface area contributed by atoms with E-state index in [1.54, 1.807) is 0 Å². The Balaban J connectivity index is 2.92. The van der Waals surface area contributed by atoms with Gasteiger partial charge in [0.05, 0.1) is 11.0 Å². The molecule has 2 rings (SSSR count). The Morgan fingerprint density at radius 2 is 2.09 bits per heavy atom. The largest absolute Gasteiger partial charge is 0.312 e. The average Bonchev–Trinajstić information content (AvgIpc) is 2.30. The van der Waals surface area contributed by atoms with E-state index in [9.17, 15) is 0 Å². The van der Waals surface area contributed by atoms with E-state index in [0.717, 1.165) is 16.9 Å². The zero-order chi connectivity index (χ0) is 7.84. The van der Waals surface area contributed by atoms with Crippen molar-refractivity contribution in [2.24, 2.45) is 0 Å². The van der Waals surface area contributed by atoms with Crippen molar-refractivity contribution < 1.29 is 0 Å². The van der Waals surface area contributed by atoms with Gasteiger partial charge < -0.3 is 4.34 Å². The molecular formula is C8H9N2P. The van der Waals surface area contributed by atoms with Gasteiger partial charge >= 0.3 is 0 Å². The van der Waals surface area contributed by atoms with Crippen LogP contribution in [0.5, 0.6) is 0 Å². The highest BCUT2D eigenvalue weighted by Crippen LogP contribution is 2.16. The Morgan fingerprint density at radius 3 is 2.82 bits per heavy atom. The van der Waals surface area contributed by atoms with Crippen LogP contribution in [0.1, 0.15) is 5.82 Å².